The number of hydrogen-bond donors (Lipinski definition) is 2. The second-order valence-corrected chi connectivity index (χ2v) is 7.66. The molecule has 0 radical (unpaired) electrons. The summed E-state index contributed by atoms with van der Waals surface area (Å²) in [5.41, 5.74) is 0.993. The number of rotatable bonds is 3. The monoisotopic (exact) mass is 358 g/mol. The molecule has 1 fully saturated rings. The molecule has 1 saturated heterocycles. The third kappa shape index (κ3) is 2.77. The molecule has 0 bridgehead atoms. The summed E-state index contributed by atoms with van der Waals surface area (Å²) < 4.78 is 1.69. The summed E-state index contributed by atoms with van der Waals surface area (Å²) in [6, 6.07) is -0.279. The number of hydrogen-bond acceptors (Lipinski definition) is 9. The van der Waals surface area contributed by atoms with Crippen molar-refractivity contribution in [3.05, 3.63) is 11.6 Å². The molecule has 3 aromatic rings. The fraction of sp³-hybridized carbons (Fsp3) is 0.667. The molecule has 0 amide bonds. The molecular formula is C15H22N10O. The average molecular weight is 358 g/mol. The van der Waals surface area contributed by atoms with Gasteiger partial charge < -0.3 is 10.0 Å². The fourth-order valence-electron chi connectivity index (χ4n) is 3.02. The lowest BCUT2D eigenvalue weighted by molar-refractivity contribution is 0.198. The lowest BCUT2D eigenvalue weighted by atomic mass is 9.96. The molecule has 11 nitrogen and oxygen atoms in total. The summed E-state index contributed by atoms with van der Waals surface area (Å²) in [7, 11) is 0. The Morgan fingerprint density at radius 2 is 2.04 bits per heavy atom. The number of aliphatic hydroxyl groups excluding tert-OH is 1. The van der Waals surface area contributed by atoms with E-state index in [1.54, 1.807) is 4.68 Å². The number of aliphatic hydroxyl groups is 1. The fourth-order valence-corrected chi connectivity index (χ4v) is 3.02. The zero-order valence-electron chi connectivity index (χ0n) is 15.2. The van der Waals surface area contributed by atoms with Gasteiger partial charge in [0.2, 0.25) is 0 Å². The maximum absolute atomic E-state index is 9.93. The maximum atomic E-state index is 9.93. The van der Waals surface area contributed by atoms with Gasteiger partial charge in [0, 0.05) is 18.5 Å². The Kier molecular flexibility index (Phi) is 3.83. The van der Waals surface area contributed by atoms with Crippen LogP contribution in [-0.4, -0.2) is 69.9 Å². The van der Waals surface area contributed by atoms with Gasteiger partial charge in [-0.3, -0.25) is 0 Å². The first-order chi connectivity index (χ1) is 12.3. The standard InChI is InChI=1S/C15H22N10O/c1-8(11-19-21-22-20-11)25-13-10(18-23-25)12(24-6-5-9(26)7-24)16-14(17-13)15(2,3)4/h8-9,26H,5-7H2,1-4H3,(H,19,20,21,22). The summed E-state index contributed by atoms with van der Waals surface area (Å²) >= 11 is 0. The van der Waals surface area contributed by atoms with Gasteiger partial charge in [-0.05, 0) is 13.3 Å². The second kappa shape index (κ2) is 5.94. The average Bonchev–Trinajstić information content (AvgIpc) is 3.32. The van der Waals surface area contributed by atoms with Crippen molar-refractivity contribution in [2.75, 3.05) is 18.0 Å². The minimum atomic E-state index is -0.355. The number of H-pyrrole nitrogens is 1. The number of nitrogens with zero attached hydrogens (tertiary/aromatic N) is 9. The number of aromatic amines is 1. The van der Waals surface area contributed by atoms with Crippen LogP contribution in [-0.2, 0) is 5.41 Å². The molecular weight excluding hydrogens is 336 g/mol. The molecule has 2 atom stereocenters. The molecule has 11 heteroatoms. The minimum Gasteiger partial charge on any atom is -0.391 e. The molecule has 2 N–H and O–H groups in total. The molecule has 3 aromatic heterocycles. The van der Waals surface area contributed by atoms with Gasteiger partial charge in [0.05, 0.1) is 6.10 Å². The molecule has 0 aliphatic carbocycles. The van der Waals surface area contributed by atoms with Crippen LogP contribution >= 0.6 is 0 Å². The number of aromatic nitrogens is 9. The van der Waals surface area contributed by atoms with Crippen LogP contribution in [0.15, 0.2) is 0 Å². The van der Waals surface area contributed by atoms with Crippen molar-refractivity contribution >= 4 is 17.0 Å². The highest BCUT2D eigenvalue weighted by molar-refractivity contribution is 5.83. The van der Waals surface area contributed by atoms with Gasteiger partial charge >= 0.3 is 0 Å². The van der Waals surface area contributed by atoms with E-state index in [4.69, 9.17) is 9.97 Å². The van der Waals surface area contributed by atoms with Crippen LogP contribution in [0.2, 0.25) is 0 Å². The highest BCUT2D eigenvalue weighted by atomic mass is 16.3. The first-order valence-corrected chi connectivity index (χ1v) is 8.64. The third-order valence-corrected chi connectivity index (χ3v) is 4.54. The maximum Gasteiger partial charge on any atom is 0.198 e. The molecule has 4 heterocycles. The first-order valence-electron chi connectivity index (χ1n) is 8.64. The van der Waals surface area contributed by atoms with E-state index in [1.165, 1.54) is 0 Å². The van der Waals surface area contributed by atoms with Crippen molar-refractivity contribution in [1.29, 1.82) is 0 Å². The summed E-state index contributed by atoms with van der Waals surface area (Å²) in [4.78, 5) is 11.5. The van der Waals surface area contributed by atoms with Gasteiger partial charge in [-0.25, -0.2) is 14.6 Å². The van der Waals surface area contributed by atoms with E-state index in [0.717, 1.165) is 6.54 Å². The predicted molar refractivity (Wildman–Crippen MR) is 92.6 cm³/mol. The van der Waals surface area contributed by atoms with Crippen LogP contribution in [0.4, 0.5) is 5.82 Å². The van der Waals surface area contributed by atoms with E-state index in [2.05, 4.69) is 51.7 Å². The number of fused-ring (bicyclic) bond motifs is 1. The molecule has 1 aliphatic heterocycles. The van der Waals surface area contributed by atoms with Crippen LogP contribution in [0.25, 0.3) is 11.2 Å². The van der Waals surface area contributed by atoms with Crippen LogP contribution in [0.3, 0.4) is 0 Å². The minimum absolute atomic E-state index is 0.244. The summed E-state index contributed by atoms with van der Waals surface area (Å²) in [5.74, 6) is 1.92. The Balaban J connectivity index is 1.88. The van der Waals surface area contributed by atoms with Crippen molar-refractivity contribution in [3.8, 4) is 0 Å². The van der Waals surface area contributed by atoms with Crippen LogP contribution in [0.1, 0.15) is 51.8 Å². The Hall–Kier alpha value is -2.69. The molecule has 2 unspecified atom stereocenters. The molecule has 0 spiro atoms. The number of tetrazole rings is 1. The van der Waals surface area contributed by atoms with E-state index in [9.17, 15) is 5.11 Å². The summed E-state index contributed by atoms with van der Waals surface area (Å²) in [6.07, 6.45) is 0.357. The normalized spacial score (nSPS) is 19.4. The molecule has 138 valence electrons. The molecule has 0 aromatic carbocycles. The lowest BCUT2D eigenvalue weighted by Gasteiger charge is -2.22. The molecule has 1 aliphatic rings. The summed E-state index contributed by atoms with van der Waals surface area (Å²) in [6.45, 7) is 9.36. The van der Waals surface area contributed by atoms with Gasteiger partial charge in [-0.1, -0.05) is 31.2 Å². The van der Waals surface area contributed by atoms with E-state index in [-0.39, 0.29) is 17.6 Å². The molecule has 26 heavy (non-hydrogen) atoms. The third-order valence-electron chi connectivity index (χ3n) is 4.54. The van der Waals surface area contributed by atoms with E-state index >= 15 is 0 Å². The Morgan fingerprint density at radius 3 is 2.65 bits per heavy atom. The molecule has 4 rings (SSSR count). The smallest absolute Gasteiger partial charge is 0.198 e. The Labute approximate surface area is 149 Å². The van der Waals surface area contributed by atoms with Gasteiger partial charge in [0.1, 0.15) is 11.9 Å². The predicted octanol–water partition coefficient (Wildman–Crippen LogP) is 0.212. The SMILES string of the molecule is CC(c1nn[nH]n1)n1nnc2c(N3CCC(O)C3)nc(C(C)(C)C)nc21. The largest absolute Gasteiger partial charge is 0.391 e. The number of anilines is 1. The lowest BCUT2D eigenvalue weighted by Crippen LogP contribution is -2.25. The Bertz CT molecular complexity index is 913. The Morgan fingerprint density at radius 1 is 1.23 bits per heavy atom. The zero-order chi connectivity index (χ0) is 18.5. The van der Waals surface area contributed by atoms with Gasteiger partial charge in [-0.15, -0.1) is 15.3 Å². The van der Waals surface area contributed by atoms with Crippen molar-refractivity contribution < 1.29 is 5.11 Å². The van der Waals surface area contributed by atoms with Crippen molar-refractivity contribution in [2.45, 2.75) is 51.7 Å². The van der Waals surface area contributed by atoms with Crippen molar-refractivity contribution in [1.82, 2.24) is 45.6 Å². The van der Waals surface area contributed by atoms with Gasteiger partial charge in [0.25, 0.3) is 0 Å². The van der Waals surface area contributed by atoms with Gasteiger partial charge in [-0.2, -0.15) is 5.21 Å². The summed E-state index contributed by atoms with van der Waals surface area (Å²) in [5, 5.41) is 32.7. The first kappa shape index (κ1) is 16.8. The quantitative estimate of drug-likeness (QED) is 0.673. The van der Waals surface area contributed by atoms with E-state index < -0.39 is 0 Å². The number of nitrogens with one attached hydrogen (secondary N) is 1. The highest BCUT2D eigenvalue weighted by Crippen LogP contribution is 2.30. The molecule has 0 saturated carbocycles. The second-order valence-electron chi connectivity index (χ2n) is 7.66. The van der Waals surface area contributed by atoms with Crippen molar-refractivity contribution in [3.63, 3.8) is 0 Å². The highest BCUT2D eigenvalue weighted by Gasteiger charge is 2.30. The van der Waals surface area contributed by atoms with Crippen LogP contribution in [0.5, 0.6) is 0 Å². The van der Waals surface area contributed by atoms with Crippen molar-refractivity contribution in [2.24, 2.45) is 0 Å². The zero-order valence-corrected chi connectivity index (χ0v) is 15.2. The topological polar surface area (TPSA) is 134 Å². The van der Waals surface area contributed by atoms with Gasteiger partial charge in [0.15, 0.2) is 22.8 Å². The van der Waals surface area contributed by atoms with Crippen LogP contribution in [0, 0.1) is 0 Å². The van der Waals surface area contributed by atoms with E-state index in [1.807, 2.05) is 11.8 Å². The van der Waals surface area contributed by atoms with Crippen LogP contribution < -0.4 is 4.90 Å². The van der Waals surface area contributed by atoms with E-state index in [0.29, 0.717) is 41.6 Å². The number of β-amino-alcohol motifs (C(OH)–C–C–N with tert-alkyl or cyclic N) is 1.